The van der Waals surface area contributed by atoms with E-state index in [0.29, 0.717) is 0 Å². The van der Waals surface area contributed by atoms with Crippen molar-refractivity contribution in [3.8, 4) is 22.5 Å². The van der Waals surface area contributed by atoms with Gasteiger partial charge in [-0.25, -0.2) is 4.57 Å². The van der Waals surface area contributed by atoms with Crippen molar-refractivity contribution in [2.24, 2.45) is 7.05 Å². The summed E-state index contributed by atoms with van der Waals surface area (Å²) in [5.41, 5.74) is 9.68. The number of hydrogen-bond donors (Lipinski definition) is 0. The van der Waals surface area contributed by atoms with Gasteiger partial charge in [-0.15, -0.1) is 0 Å². The molecule has 23 heavy (non-hydrogen) atoms. The Bertz CT molecular complexity index is 942. The summed E-state index contributed by atoms with van der Waals surface area (Å²) < 4.78 is 2.23. The molecule has 0 unspecified atom stereocenters. The smallest absolute Gasteiger partial charge is 0.257 e. The molecule has 3 heteroatoms. The molecule has 0 aliphatic heterocycles. The third-order valence-corrected chi connectivity index (χ3v) is 4.72. The van der Waals surface area contributed by atoms with Crippen LogP contribution in [0.2, 0.25) is 0 Å². The number of fused-ring (bicyclic) bond motifs is 3. The fraction of sp³-hybridized carbons (Fsp3) is 0.250. The Morgan fingerprint density at radius 2 is 1.78 bits per heavy atom. The van der Waals surface area contributed by atoms with Crippen molar-refractivity contribution >= 4 is 0 Å². The average molecular weight is 302 g/mol. The van der Waals surface area contributed by atoms with E-state index in [1.165, 1.54) is 33.5 Å². The van der Waals surface area contributed by atoms with E-state index in [1.54, 1.807) is 0 Å². The maximum Gasteiger partial charge on any atom is 0.330 e. The van der Waals surface area contributed by atoms with Crippen molar-refractivity contribution in [3.63, 3.8) is 0 Å². The number of benzene rings is 1. The number of aryl methyl sites for hydroxylation is 3. The first kappa shape index (κ1) is 14.1. The highest BCUT2D eigenvalue weighted by molar-refractivity contribution is 5.73. The summed E-state index contributed by atoms with van der Waals surface area (Å²) in [6.45, 7) is 6.31. The lowest BCUT2D eigenvalue weighted by Crippen LogP contribution is -2.37. The quantitative estimate of drug-likeness (QED) is 0.504. The lowest BCUT2D eigenvalue weighted by molar-refractivity contribution is -0.669. The summed E-state index contributed by atoms with van der Waals surface area (Å²) in [6, 6.07) is 10.8. The summed E-state index contributed by atoms with van der Waals surface area (Å²) in [5.74, 6) is 1.02. The third-order valence-electron chi connectivity index (χ3n) is 4.72. The summed E-state index contributed by atoms with van der Waals surface area (Å²) in [6.07, 6.45) is 2.89. The third kappa shape index (κ3) is 2.15. The van der Waals surface area contributed by atoms with Gasteiger partial charge in [0.15, 0.2) is 6.20 Å². The second kappa shape index (κ2) is 4.98. The van der Waals surface area contributed by atoms with Gasteiger partial charge in [-0.2, -0.15) is 0 Å². The molecule has 0 spiro atoms. The molecule has 3 aromatic rings. The number of pyridine rings is 1. The first-order valence-corrected chi connectivity index (χ1v) is 7.97. The summed E-state index contributed by atoms with van der Waals surface area (Å²) in [4.78, 5) is 9.48. The predicted molar refractivity (Wildman–Crippen MR) is 91.1 cm³/mol. The molecule has 0 N–H and O–H groups in total. The van der Waals surface area contributed by atoms with Gasteiger partial charge in [0.2, 0.25) is 0 Å². The molecule has 1 aromatic carbocycles. The van der Waals surface area contributed by atoms with Gasteiger partial charge in [0.05, 0.1) is 30.3 Å². The SMILES string of the molecule is Cc1ccc(C)c(-c2ncc3c([n+]2C)Cc2nc(C)ccc2-3)c1. The van der Waals surface area contributed by atoms with Crippen molar-refractivity contribution in [3.05, 3.63) is 64.7 Å². The Kier molecular flexibility index (Phi) is 3.05. The monoisotopic (exact) mass is 302 g/mol. The predicted octanol–water partition coefficient (Wildman–Crippen LogP) is 3.46. The Labute approximate surface area is 136 Å². The van der Waals surface area contributed by atoms with Gasteiger partial charge in [-0.05, 0) is 43.5 Å². The van der Waals surface area contributed by atoms with Crippen LogP contribution in [-0.4, -0.2) is 9.97 Å². The van der Waals surface area contributed by atoms with Gasteiger partial charge < -0.3 is 0 Å². The van der Waals surface area contributed by atoms with E-state index >= 15 is 0 Å². The van der Waals surface area contributed by atoms with Crippen molar-refractivity contribution in [1.82, 2.24) is 9.97 Å². The van der Waals surface area contributed by atoms with Crippen LogP contribution in [-0.2, 0) is 13.5 Å². The lowest BCUT2D eigenvalue weighted by atomic mass is 10.0. The summed E-state index contributed by atoms with van der Waals surface area (Å²) in [5, 5.41) is 0. The molecular formula is C20H20N3+. The minimum atomic E-state index is 0.878. The molecule has 0 bridgehead atoms. The highest BCUT2D eigenvalue weighted by Gasteiger charge is 2.29. The lowest BCUT2D eigenvalue weighted by Gasteiger charge is -2.07. The van der Waals surface area contributed by atoms with Crippen molar-refractivity contribution in [1.29, 1.82) is 0 Å². The molecule has 0 saturated heterocycles. The van der Waals surface area contributed by atoms with Gasteiger partial charge in [-0.1, -0.05) is 23.8 Å². The van der Waals surface area contributed by atoms with E-state index in [2.05, 4.69) is 55.8 Å². The summed E-state index contributed by atoms with van der Waals surface area (Å²) >= 11 is 0. The van der Waals surface area contributed by atoms with Crippen LogP contribution in [0.1, 0.15) is 28.2 Å². The molecule has 0 amide bonds. The Morgan fingerprint density at radius 3 is 2.61 bits per heavy atom. The van der Waals surface area contributed by atoms with E-state index in [0.717, 1.165) is 23.6 Å². The van der Waals surface area contributed by atoms with Gasteiger partial charge in [0.25, 0.3) is 0 Å². The van der Waals surface area contributed by atoms with Crippen LogP contribution in [0.3, 0.4) is 0 Å². The number of nitrogens with zero attached hydrogens (tertiary/aromatic N) is 3. The van der Waals surface area contributed by atoms with Gasteiger partial charge in [0.1, 0.15) is 5.69 Å². The van der Waals surface area contributed by atoms with Crippen molar-refractivity contribution in [2.75, 3.05) is 0 Å². The highest BCUT2D eigenvalue weighted by Crippen LogP contribution is 2.34. The van der Waals surface area contributed by atoms with Gasteiger partial charge >= 0.3 is 5.82 Å². The Hall–Kier alpha value is -2.55. The van der Waals surface area contributed by atoms with Crippen LogP contribution < -0.4 is 4.57 Å². The Balaban J connectivity index is 1.90. The normalized spacial score (nSPS) is 12.2. The van der Waals surface area contributed by atoms with Crippen molar-refractivity contribution < 1.29 is 4.57 Å². The van der Waals surface area contributed by atoms with Crippen LogP contribution in [0.4, 0.5) is 0 Å². The first-order chi connectivity index (χ1) is 11.0. The fourth-order valence-corrected chi connectivity index (χ4v) is 3.41. The fourth-order valence-electron chi connectivity index (χ4n) is 3.41. The first-order valence-electron chi connectivity index (χ1n) is 7.97. The molecule has 114 valence electrons. The van der Waals surface area contributed by atoms with Crippen LogP contribution in [0.5, 0.6) is 0 Å². The standard InChI is InChI=1S/C20H20N3/c1-12-5-6-13(2)16(9-12)20-21-11-17-15-8-7-14(3)22-18(15)10-19(17)23(20)4/h5-9,11H,10H2,1-4H3/q+1. The zero-order chi connectivity index (χ0) is 16.1. The molecule has 0 fully saturated rings. The second-order valence-electron chi connectivity index (χ2n) is 6.44. The van der Waals surface area contributed by atoms with Crippen LogP contribution in [0, 0.1) is 20.8 Å². The molecule has 4 rings (SSSR count). The molecule has 1 aliphatic carbocycles. The maximum atomic E-state index is 4.78. The van der Waals surface area contributed by atoms with Gasteiger partial charge in [-0.3, -0.25) is 4.98 Å². The minimum Gasteiger partial charge on any atom is -0.257 e. The average Bonchev–Trinajstić information content (AvgIpc) is 2.89. The number of aromatic nitrogens is 3. The van der Waals surface area contributed by atoms with Crippen LogP contribution >= 0.6 is 0 Å². The van der Waals surface area contributed by atoms with E-state index < -0.39 is 0 Å². The van der Waals surface area contributed by atoms with E-state index in [1.807, 2.05) is 13.1 Å². The van der Waals surface area contributed by atoms with E-state index in [-0.39, 0.29) is 0 Å². The molecule has 2 aromatic heterocycles. The van der Waals surface area contributed by atoms with Gasteiger partial charge in [0, 0.05) is 11.3 Å². The largest absolute Gasteiger partial charge is 0.330 e. The van der Waals surface area contributed by atoms with Crippen molar-refractivity contribution in [2.45, 2.75) is 27.2 Å². The number of hydrogen-bond acceptors (Lipinski definition) is 2. The molecule has 0 atom stereocenters. The Morgan fingerprint density at radius 1 is 0.957 bits per heavy atom. The zero-order valence-corrected chi connectivity index (χ0v) is 14.0. The van der Waals surface area contributed by atoms with E-state index in [4.69, 9.17) is 9.97 Å². The topological polar surface area (TPSA) is 29.7 Å². The molecule has 0 saturated carbocycles. The van der Waals surface area contributed by atoms with Crippen LogP contribution in [0.15, 0.2) is 36.5 Å². The maximum absolute atomic E-state index is 4.78. The summed E-state index contributed by atoms with van der Waals surface area (Å²) in [7, 11) is 2.11. The molecule has 2 heterocycles. The molecule has 3 nitrogen and oxygen atoms in total. The molecule has 1 aliphatic rings. The van der Waals surface area contributed by atoms with E-state index in [9.17, 15) is 0 Å². The highest BCUT2D eigenvalue weighted by atomic mass is 15.0. The zero-order valence-electron chi connectivity index (χ0n) is 14.0. The minimum absolute atomic E-state index is 0.878. The molecule has 0 radical (unpaired) electrons. The molecular weight excluding hydrogens is 282 g/mol. The second-order valence-corrected chi connectivity index (χ2v) is 6.44. The number of rotatable bonds is 1. The van der Waals surface area contributed by atoms with Crippen LogP contribution in [0.25, 0.3) is 22.5 Å².